The molecule has 5 aromatic rings. The van der Waals surface area contributed by atoms with Crippen molar-refractivity contribution >= 4 is 0 Å². The second-order valence-corrected chi connectivity index (χ2v) is 10.9. The second-order valence-electron chi connectivity index (χ2n) is 10.9. The fourth-order valence-electron chi connectivity index (χ4n) is 7.56. The molecule has 4 nitrogen and oxygen atoms in total. The molecule has 4 heterocycles. The highest BCUT2D eigenvalue weighted by atomic mass is 15.2. The SMILES string of the molecule is Cc1ccc2[n+](c1)C1C(CC13c1ccccc1-c1cc(-c4ccccc4)cc[n+]13)c1c(C#N)ccc(C#N)c1-2. The van der Waals surface area contributed by atoms with Crippen molar-refractivity contribution in [2.75, 3.05) is 0 Å². The quantitative estimate of drug-likeness (QED) is 0.261. The fraction of sp³-hybridized carbons (Fsp3) is 0.143. The molecule has 0 amide bonds. The van der Waals surface area contributed by atoms with E-state index in [1.54, 1.807) is 6.07 Å². The van der Waals surface area contributed by atoms with Gasteiger partial charge in [-0.15, -0.1) is 0 Å². The lowest BCUT2D eigenvalue weighted by atomic mass is 9.55. The maximum atomic E-state index is 10.1. The van der Waals surface area contributed by atoms with Crippen molar-refractivity contribution in [3.63, 3.8) is 0 Å². The van der Waals surface area contributed by atoms with Crippen molar-refractivity contribution < 1.29 is 9.13 Å². The summed E-state index contributed by atoms with van der Waals surface area (Å²) in [6.45, 7) is 2.12. The molecule has 0 bridgehead atoms. The molecule has 3 aromatic carbocycles. The molecule has 2 aromatic heterocycles. The largest absolute Gasteiger partial charge is 0.256 e. The summed E-state index contributed by atoms with van der Waals surface area (Å²) in [5.74, 6) is 0.127. The Hall–Kier alpha value is -5.06. The van der Waals surface area contributed by atoms with Gasteiger partial charge in [0, 0.05) is 35.7 Å². The molecular weight excluding hydrogens is 476 g/mol. The fourth-order valence-corrected chi connectivity index (χ4v) is 7.56. The van der Waals surface area contributed by atoms with Gasteiger partial charge < -0.3 is 0 Å². The van der Waals surface area contributed by atoms with Crippen LogP contribution in [0.25, 0.3) is 33.6 Å². The van der Waals surface area contributed by atoms with Crippen LogP contribution >= 0.6 is 0 Å². The van der Waals surface area contributed by atoms with E-state index < -0.39 is 0 Å². The Bertz CT molecular complexity index is 1940. The molecule has 1 saturated carbocycles. The lowest BCUT2D eigenvalue weighted by Crippen LogP contribution is -2.74. The van der Waals surface area contributed by atoms with Crippen LogP contribution in [0.2, 0.25) is 0 Å². The monoisotopic (exact) mass is 500 g/mol. The Morgan fingerprint density at radius 1 is 0.795 bits per heavy atom. The van der Waals surface area contributed by atoms with E-state index >= 15 is 0 Å². The van der Waals surface area contributed by atoms with E-state index in [0.29, 0.717) is 11.1 Å². The first-order chi connectivity index (χ1) is 19.2. The number of hydrogen-bond donors (Lipinski definition) is 0. The third-order valence-corrected chi connectivity index (χ3v) is 9.10. The summed E-state index contributed by atoms with van der Waals surface area (Å²) < 4.78 is 4.88. The standard InChI is InChI=1S/C35H24N4/c1-22-11-14-30-33-26(20-37)13-12-25(19-36)32(33)28-18-35(34(28)38(30)21-22)29-10-6-5-9-27(29)31-17-24(15-16-39(31)35)23-7-3-2-4-8-23/h2-17,21,28,34H,18H2,1H3/q+2. The van der Waals surface area contributed by atoms with Gasteiger partial charge in [0.15, 0.2) is 12.4 Å². The number of aromatic nitrogens is 2. The maximum Gasteiger partial charge on any atom is 0.256 e. The zero-order valence-corrected chi connectivity index (χ0v) is 21.5. The molecule has 0 radical (unpaired) electrons. The van der Waals surface area contributed by atoms with Gasteiger partial charge >= 0.3 is 0 Å². The highest BCUT2D eigenvalue weighted by Crippen LogP contribution is 2.63. The van der Waals surface area contributed by atoms with E-state index in [0.717, 1.165) is 23.2 Å². The van der Waals surface area contributed by atoms with Crippen molar-refractivity contribution in [1.82, 2.24) is 0 Å². The predicted octanol–water partition coefficient (Wildman–Crippen LogP) is 6.11. The van der Waals surface area contributed by atoms with E-state index in [2.05, 4.69) is 119 Å². The smallest absolute Gasteiger partial charge is 0.192 e. The Kier molecular flexibility index (Phi) is 4.35. The van der Waals surface area contributed by atoms with Crippen LogP contribution in [-0.2, 0) is 5.54 Å². The van der Waals surface area contributed by atoms with E-state index in [1.807, 2.05) is 6.07 Å². The summed E-state index contributed by atoms with van der Waals surface area (Å²) in [6, 6.07) is 36.7. The summed E-state index contributed by atoms with van der Waals surface area (Å²) in [4.78, 5) is 0. The average molecular weight is 501 g/mol. The van der Waals surface area contributed by atoms with Crippen molar-refractivity contribution in [1.29, 1.82) is 10.5 Å². The van der Waals surface area contributed by atoms with Crippen LogP contribution in [0.15, 0.2) is 103 Å². The van der Waals surface area contributed by atoms with Crippen LogP contribution in [0.1, 0.15) is 46.2 Å². The third-order valence-electron chi connectivity index (χ3n) is 9.10. The lowest BCUT2D eigenvalue weighted by molar-refractivity contribution is -0.852. The van der Waals surface area contributed by atoms with Crippen molar-refractivity contribution in [3.8, 4) is 45.8 Å². The van der Waals surface area contributed by atoms with Crippen LogP contribution in [0, 0.1) is 29.6 Å². The normalized spacial score (nSPS) is 20.9. The molecule has 4 heteroatoms. The highest BCUT2D eigenvalue weighted by Gasteiger charge is 2.74. The molecule has 3 atom stereocenters. The Morgan fingerprint density at radius 2 is 1.56 bits per heavy atom. The molecule has 39 heavy (non-hydrogen) atoms. The predicted molar refractivity (Wildman–Crippen MR) is 147 cm³/mol. The topological polar surface area (TPSA) is 55.3 Å². The highest BCUT2D eigenvalue weighted by molar-refractivity contribution is 5.77. The number of pyridine rings is 2. The Balaban J connectivity index is 1.41. The van der Waals surface area contributed by atoms with Crippen LogP contribution in [-0.4, -0.2) is 0 Å². The molecule has 3 aliphatic rings. The van der Waals surface area contributed by atoms with Gasteiger partial charge in [-0.2, -0.15) is 19.7 Å². The maximum absolute atomic E-state index is 10.1. The summed E-state index contributed by atoms with van der Waals surface area (Å²) in [6.07, 6.45) is 5.36. The van der Waals surface area contributed by atoms with Crippen molar-refractivity contribution in [2.24, 2.45) is 0 Å². The van der Waals surface area contributed by atoms with Crippen LogP contribution < -0.4 is 9.13 Å². The van der Waals surface area contributed by atoms with Gasteiger partial charge in [-0.05, 0) is 47.9 Å². The number of aryl methyl sites for hydroxylation is 1. The number of nitrogens with zero attached hydrogens (tertiary/aromatic N) is 4. The van der Waals surface area contributed by atoms with Crippen LogP contribution in [0.5, 0.6) is 0 Å². The molecular formula is C35H24N4+2. The first-order valence-corrected chi connectivity index (χ1v) is 13.4. The number of nitriles is 2. The first kappa shape index (κ1) is 22.0. The summed E-state index contributed by atoms with van der Waals surface area (Å²) in [5, 5.41) is 20.2. The number of fused-ring (bicyclic) bond motifs is 12. The zero-order chi connectivity index (χ0) is 26.3. The van der Waals surface area contributed by atoms with Gasteiger partial charge in [-0.25, -0.2) is 0 Å². The zero-order valence-electron chi connectivity index (χ0n) is 21.5. The third kappa shape index (κ3) is 2.71. The minimum Gasteiger partial charge on any atom is -0.192 e. The number of rotatable bonds is 1. The molecule has 1 fully saturated rings. The van der Waals surface area contributed by atoms with Gasteiger partial charge in [-0.1, -0.05) is 48.5 Å². The van der Waals surface area contributed by atoms with Crippen molar-refractivity contribution in [3.05, 3.63) is 131 Å². The minimum absolute atomic E-state index is 0.0796. The first-order valence-electron chi connectivity index (χ1n) is 13.4. The molecule has 1 spiro atoms. The van der Waals surface area contributed by atoms with Gasteiger partial charge in [0.05, 0.1) is 34.2 Å². The summed E-state index contributed by atoms with van der Waals surface area (Å²) in [7, 11) is 0. The van der Waals surface area contributed by atoms with Gasteiger partial charge in [0.25, 0.3) is 5.54 Å². The number of benzene rings is 3. The summed E-state index contributed by atoms with van der Waals surface area (Å²) >= 11 is 0. The number of hydrogen-bond acceptors (Lipinski definition) is 2. The average Bonchev–Trinajstić information content (AvgIpc) is 3.27. The van der Waals surface area contributed by atoms with Gasteiger partial charge in [-0.3, -0.25) is 0 Å². The lowest BCUT2D eigenvalue weighted by Gasteiger charge is -2.48. The van der Waals surface area contributed by atoms with Crippen molar-refractivity contribution in [2.45, 2.75) is 30.8 Å². The molecule has 182 valence electrons. The van der Waals surface area contributed by atoms with Gasteiger partial charge in [0.1, 0.15) is 6.07 Å². The van der Waals surface area contributed by atoms with Crippen LogP contribution in [0.4, 0.5) is 0 Å². The Morgan fingerprint density at radius 3 is 2.38 bits per heavy atom. The second kappa shape index (κ2) is 7.73. The molecule has 2 aliphatic heterocycles. The Labute approximate surface area is 227 Å². The van der Waals surface area contributed by atoms with E-state index in [1.165, 1.54) is 33.5 Å². The van der Waals surface area contributed by atoms with E-state index in [9.17, 15) is 10.5 Å². The molecule has 3 unspecified atom stereocenters. The summed E-state index contributed by atoms with van der Waals surface area (Å²) in [5.41, 5.74) is 11.4. The molecule has 0 saturated heterocycles. The molecule has 8 rings (SSSR count). The van der Waals surface area contributed by atoms with Gasteiger partial charge in [0.2, 0.25) is 17.4 Å². The molecule has 1 aliphatic carbocycles. The van der Waals surface area contributed by atoms with E-state index in [-0.39, 0.29) is 17.5 Å². The van der Waals surface area contributed by atoms with Crippen LogP contribution in [0.3, 0.4) is 0 Å². The van der Waals surface area contributed by atoms with E-state index in [4.69, 9.17) is 0 Å². The minimum atomic E-state index is -0.286. The molecule has 0 N–H and O–H groups in total.